The van der Waals surface area contributed by atoms with E-state index >= 15 is 0 Å². The quantitative estimate of drug-likeness (QED) is 0.151. The van der Waals surface area contributed by atoms with Gasteiger partial charge in [0, 0.05) is 17.1 Å². The van der Waals surface area contributed by atoms with Crippen molar-refractivity contribution in [1.29, 1.82) is 0 Å². The molecule has 0 radical (unpaired) electrons. The van der Waals surface area contributed by atoms with Crippen molar-refractivity contribution in [3.05, 3.63) is 180 Å². The van der Waals surface area contributed by atoms with Crippen LogP contribution in [0, 0.1) is 6.92 Å². The van der Waals surface area contributed by atoms with Crippen molar-refractivity contribution < 1.29 is 4.74 Å². The molecule has 0 amide bonds. The van der Waals surface area contributed by atoms with Crippen molar-refractivity contribution in [2.24, 2.45) is 0 Å². The summed E-state index contributed by atoms with van der Waals surface area (Å²) in [5, 5.41) is 5.61. The monoisotopic (exact) mass is 743 g/mol. The average Bonchev–Trinajstić information content (AvgIpc) is 3.22. The molecule has 0 spiro atoms. The third-order valence-electron chi connectivity index (χ3n) is 12.2. The number of fused-ring (bicyclic) bond motifs is 4. The minimum atomic E-state index is -2.75. The molecular weight excluding hydrogens is 693 g/mol. The zero-order chi connectivity index (χ0) is 38.7. The molecule has 2 aliphatic heterocycles. The van der Waals surface area contributed by atoms with Crippen molar-refractivity contribution in [2.75, 3.05) is 4.90 Å². The van der Waals surface area contributed by atoms with E-state index in [9.17, 15) is 0 Å². The van der Waals surface area contributed by atoms with E-state index in [0.29, 0.717) is 17.8 Å². The molecule has 0 aliphatic carbocycles. The predicted octanol–water partition coefficient (Wildman–Crippen LogP) is 9.15. The molecule has 9 rings (SSSR count). The van der Waals surface area contributed by atoms with E-state index < -0.39 is 8.07 Å². The standard InChI is InChI=1S/C52H50BNOSi/c1-34(2)38-31-42(35(3)4)52(43(32-38)36(5)6)53-44-22-14-16-24-48(44)55-49-29-27-39(33-45(49)53)54-46-23-15-17-25-50(46)56(40-18-10-8-11-19-40,41-20-12-9-13-21-41)51-30-37(7)26-28-47(51)54/h8-36H,1-7H3. The first kappa shape index (κ1) is 36.1. The van der Waals surface area contributed by atoms with Crippen molar-refractivity contribution >= 4 is 69.0 Å². The summed E-state index contributed by atoms with van der Waals surface area (Å²) < 4.78 is 6.83. The lowest BCUT2D eigenvalue weighted by molar-refractivity contribution is 0.487. The highest BCUT2D eigenvalue weighted by Gasteiger charge is 2.49. The lowest BCUT2D eigenvalue weighted by Gasteiger charge is -2.45. The first-order chi connectivity index (χ1) is 27.2. The summed E-state index contributed by atoms with van der Waals surface area (Å²) in [6.45, 7) is 16.3. The number of benzene rings is 7. The molecule has 4 heteroatoms. The number of aryl methyl sites for hydroxylation is 1. The van der Waals surface area contributed by atoms with Crippen LogP contribution < -0.4 is 46.8 Å². The molecule has 0 aromatic heterocycles. The molecule has 2 aliphatic rings. The number of anilines is 3. The van der Waals surface area contributed by atoms with Gasteiger partial charge in [-0.15, -0.1) is 0 Å². The first-order valence-corrected chi connectivity index (χ1v) is 22.4. The van der Waals surface area contributed by atoms with Crippen LogP contribution >= 0.6 is 0 Å². The van der Waals surface area contributed by atoms with Crippen molar-refractivity contribution in [1.82, 2.24) is 0 Å². The summed E-state index contributed by atoms with van der Waals surface area (Å²) in [5.74, 6) is 3.05. The molecule has 0 saturated heterocycles. The molecule has 0 fully saturated rings. The molecule has 276 valence electrons. The van der Waals surface area contributed by atoms with Gasteiger partial charge >= 0.3 is 0 Å². The topological polar surface area (TPSA) is 12.5 Å². The Morgan fingerprint density at radius 3 is 1.71 bits per heavy atom. The average molecular weight is 744 g/mol. The Balaban J connectivity index is 1.33. The minimum absolute atomic E-state index is 0.0190. The van der Waals surface area contributed by atoms with Crippen molar-refractivity contribution in [3.63, 3.8) is 0 Å². The number of para-hydroxylation sites is 2. The van der Waals surface area contributed by atoms with Crippen LogP contribution in [0.15, 0.2) is 158 Å². The second-order valence-electron chi connectivity index (χ2n) is 16.7. The molecule has 0 unspecified atom stereocenters. The van der Waals surface area contributed by atoms with Gasteiger partial charge in [0.15, 0.2) is 8.07 Å². The van der Waals surface area contributed by atoms with E-state index in [2.05, 4.69) is 211 Å². The molecule has 0 saturated carbocycles. The smallest absolute Gasteiger partial charge is 0.251 e. The Hall–Kier alpha value is -5.58. The van der Waals surface area contributed by atoms with Gasteiger partial charge in [0.05, 0.1) is 0 Å². The maximum absolute atomic E-state index is 6.83. The molecule has 0 N–H and O–H groups in total. The van der Waals surface area contributed by atoms with Crippen LogP contribution in [0.4, 0.5) is 17.1 Å². The van der Waals surface area contributed by atoms with Gasteiger partial charge in [-0.2, -0.15) is 0 Å². The Morgan fingerprint density at radius 2 is 1.07 bits per heavy atom. The number of hydrogen-bond donors (Lipinski definition) is 0. The fraction of sp³-hybridized carbons (Fsp3) is 0.192. The number of rotatable bonds is 7. The molecule has 0 atom stereocenters. The third-order valence-corrected chi connectivity index (χ3v) is 17.1. The Kier molecular flexibility index (Phi) is 9.13. The number of nitrogens with zero attached hydrogens (tertiary/aromatic N) is 1. The molecule has 7 aromatic carbocycles. The molecule has 7 aromatic rings. The van der Waals surface area contributed by atoms with Crippen LogP contribution in [0.5, 0.6) is 11.5 Å². The maximum Gasteiger partial charge on any atom is 0.251 e. The van der Waals surface area contributed by atoms with Gasteiger partial charge in [-0.25, -0.2) is 0 Å². The fourth-order valence-corrected chi connectivity index (χ4v) is 14.8. The van der Waals surface area contributed by atoms with Crippen LogP contribution in [0.3, 0.4) is 0 Å². The van der Waals surface area contributed by atoms with Crippen molar-refractivity contribution in [3.8, 4) is 11.5 Å². The van der Waals surface area contributed by atoms with E-state index in [1.165, 1.54) is 70.8 Å². The lowest BCUT2D eigenvalue weighted by Crippen LogP contribution is -2.77. The van der Waals surface area contributed by atoms with Gasteiger partial charge in [-0.1, -0.05) is 174 Å². The normalized spacial score (nSPS) is 14.0. The molecule has 2 heterocycles. The van der Waals surface area contributed by atoms with E-state index in [1.807, 2.05) is 0 Å². The highest BCUT2D eigenvalue weighted by Crippen LogP contribution is 2.40. The van der Waals surface area contributed by atoms with Crippen LogP contribution in [0.25, 0.3) is 0 Å². The predicted molar refractivity (Wildman–Crippen MR) is 243 cm³/mol. The van der Waals surface area contributed by atoms with Crippen LogP contribution in [-0.4, -0.2) is 14.8 Å². The SMILES string of the molecule is Cc1ccc2c(c1)[Si](c1ccccc1)(c1ccccc1)c1ccccc1N2c1ccc2c(c1)B(c1c(C(C)C)cc(C(C)C)cc1C(C)C)c1ccccc1O2. The van der Waals surface area contributed by atoms with Gasteiger partial charge in [-0.3, -0.25) is 0 Å². The third kappa shape index (κ3) is 5.68. The minimum Gasteiger partial charge on any atom is -0.458 e. The van der Waals surface area contributed by atoms with Gasteiger partial charge in [0.2, 0.25) is 0 Å². The number of hydrogen-bond acceptors (Lipinski definition) is 2. The van der Waals surface area contributed by atoms with Gasteiger partial charge in [0.1, 0.15) is 11.5 Å². The van der Waals surface area contributed by atoms with Crippen molar-refractivity contribution in [2.45, 2.75) is 66.2 Å². The molecular formula is C52H50BNOSi. The summed E-state index contributed by atoms with van der Waals surface area (Å²) in [5.41, 5.74) is 13.1. The second-order valence-corrected chi connectivity index (χ2v) is 20.5. The largest absolute Gasteiger partial charge is 0.458 e. The van der Waals surface area contributed by atoms with Crippen LogP contribution in [-0.2, 0) is 0 Å². The van der Waals surface area contributed by atoms with E-state index in [4.69, 9.17) is 4.74 Å². The Bertz CT molecular complexity index is 2510. The summed E-state index contributed by atoms with van der Waals surface area (Å²) >= 11 is 0. The number of ether oxygens (including phenoxy) is 1. The maximum atomic E-state index is 6.83. The second kappa shape index (κ2) is 14.2. The zero-order valence-corrected chi connectivity index (χ0v) is 34.7. The molecule has 0 bridgehead atoms. The van der Waals surface area contributed by atoms with Gasteiger partial charge < -0.3 is 9.64 Å². The highest BCUT2D eigenvalue weighted by molar-refractivity contribution is 7.21. The summed E-state index contributed by atoms with van der Waals surface area (Å²) in [7, 11) is -2.75. The summed E-state index contributed by atoms with van der Waals surface area (Å²) in [6.07, 6.45) is 0. The first-order valence-electron chi connectivity index (χ1n) is 20.4. The molecule has 56 heavy (non-hydrogen) atoms. The van der Waals surface area contributed by atoms with Gasteiger partial charge in [0.25, 0.3) is 6.71 Å². The van der Waals surface area contributed by atoms with Gasteiger partial charge in [-0.05, 0) is 109 Å². The van der Waals surface area contributed by atoms with E-state index in [1.54, 1.807) is 0 Å². The Labute approximate surface area is 334 Å². The highest BCUT2D eigenvalue weighted by atomic mass is 28.3. The Morgan fingerprint density at radius 1 is 0.500 bits per heavy atom. The molecule has 2 nitrogen and oxygen atoms in total. The van der Waals surface area contributed by atoms with E-state index in [0.717, 1.165) is 17.2 Å². The fourth-order valence-electron chi connectivity index (χ4n) is 9.60. The summed E-state index contributed by atoms with van der Waals surface area (Å²) in [6, 6.07) is 59.5. The van der Waals surface area contributed by atoms with Crippen LogP contribution in [0.2, 0.25) is 0 Å². The van der Waals surface area contributed by atoms with E-state index in [-0.39, 0.29) is 6.71 Å². The summed E-state index contributed by atoms with van der Waals surface area (Å²) in [4.78, 5) is 2.54. The lowest BCUT2D eigenvalue weighted by atomic mass is 9.34. The van der Waals surface area contributed by atoms with Crippen LogP contribution in [0.1, 0.15) is 81.5 Å². The zero-order valence-electron chi connectivity index (χ0n) is 33.7.